The Morgan fingerprint density at radius 3 is 1.90 bits per heavy atom. The number of benzene rings is 6. The number of furan rings is 1. The van der Waals surface area contributed by atoms with Gasteiger partial charge in [0.15, 0.2) is 11.4 Å². The fraction of sp³-hybridized carbons (Fsp3) is 0.0426. The molecule has 0 atom stereocenters. The summed E-state index contributed by atoms with van der Waals surface area (Å²) in [5.74, 6) is 0.697. The highest BCUT2D eigenvalue weighted by Gasteiger charge is 2.21. The van der Waals surface area contributed by atoms with Gasteiger partial charge in [-0.1, -0.05) is 146 Å². The van der Waals surface area contributed by atoms with Crippen LogP contribution < -0.4 is 10.4 Å². The highest BCUT2D eigenvalue weighted by molar-refractivity contribution is 6.20. The summed E-state index contributed by atoms with van der Waals surface area (Å²) in [7, 11) is 0. The third-order valence-corrected chi connectivity index (χ3v) is 9.98. The number of para-hydroxylation sites is 1. The zero-order valence-corrected chi connectivity index (χ0v) is 27.8. The Balaban J connectivity index is 1.11. The van der Waals surface area contributed by atoms with Crippen LogP contribution in [0, 0.1) is 0 Å². The summed E-state index contributed by atoms with van der Waals surface area (Å²) < 4.78 is 6.60. The van der Waals surface area contributed by atoms with E-state index in [9.17, 15) is 0 Å². The standard InChI is InChI=1S/C47H31N3O/c1-3-13-32(14-4-1)40-29-41(33-15-5-2-6-16-33)50-47(49-40)34-24-22-30(23-25-34)35-26-27-38-42(28-35)48-45(37-20-11-17-31-12-7-8-18-36(31)37)46-44(38)39-19-9-10-21-43(39)51-46/h1-10,12-19,21-29H,11,20H2. The van der Waals surface area contributed by atoms with Crippen molar-refractivity contribution >= 4 is 44.5 Å². The molecule has 9 aromatic rings. The third kappa shape index (κ3) is 5.12. The Hall–Kier alpha value is -6.65. The van der Waals surface area contributed by atoms with Crippen LogP contribution in [0.5, 0.6) is 0 Å². The lowest BCUT2D eigenvalue weighted by molar-refractivity contribution is 0.665. The normalized spacial score (nSPS) is 12.7. The van der Waals surface area contributed by atoms with Crippen molar-refractivity contribution in [2.45, 2.75) is 12.8 Å². The van der Waals surface area contributed by atoms with Crippen LogP contribution in [-0.4, -0.2) is 15.0 Å². The fourth-order valence-electron chi connectivity index (χ4n) is 7.47. The Morgan fingerprint density at radius 2 is 1.14 bits per heavy atom. The third-order valence-electron chi connectivity index (χ3n) is 9.98. The lowest BCUT2D eigenvalue weighted by Crippen LogP contribution is -2.29. The largest absolute Gasteiger partial charge is 0.454 e. The predicted octanol–water partition coefficient (Wildman–Crippen LogP) is 10.4. The summed E-state index contributed by atoms with van der Waals surface area (Å²) in [6.07, 6.45) is 4.22. The van der Waals surface area contributed by atoms with E-state index in [1.165, 1.54) is 16.0 Å². The minimum atomic E-state index is 0.697. The SMILES string of the molecule is C1=c2ccccc2=C(c2nc3cc(-c4ccc(-c5nc(-c6ccccc6)cc(-c6ccccc6)n5)cc4)ccc3c3c2oc2ccccc23)CC1. The van der Waals surface area contributed by atoms with E-state index in [0.717, 1.165) is 90.6 Å². The molecule has 10 rings (SSSR count). The van der Waals surface area contributed by atoms with Gasteiger partial charge in [0.25, 0.3) is 0 Å². The Bertz CT molecular complexity index is 2840. The van der Waals surface area contributed by atoms with Gasteiger partial charge in [-0.2, -0.15) is 0 Å². The fourth-order valence-corrected chi connectivity index (χ4v) is 7.47. The predicted molar refractivity (Wildman–Crippen MR) is 208 cm³/mol. The average Bonchev–Trinajstić information content (AvgIpc) is 3.61. The van der Waals surface area contributed by atoms with E-state index in [-0.39, 0.29) is 0 Å². The highest BCUT2D eigenvalue weighted by atomic mass is 16.3. The van der Waals surface area contributed by atoms with Crippen LogP contribution in [0.15, 0.2) is 162 Å². The van der Waals surface area contributed by atoms with Crippen molar-refractivity contribution in [2.75, 3.05) is 0 Å². The number of hydrogen-bond donors (Lipinski definition) is 0. The summed E-state index contributed by atoms with van der Waals surface area (Å²) in [4.78, 5) is 15.4. The van der Waals surface area contributed by atoms with E-state index in [2.05, 4.69) is 121 Å². The van der Waals surface area contributed by atoms with Gasteiger partial charge in [-0.25, -0.2) is 15.0 Å². The first-order valence-electron chi connectivity index (χ1n) is 17.4. The zero-order valence-electron chi connectivity index (χ0n) is 27.8. The highest BCUT2D eigenvalue weighted by Crippen LogP contribution is 2.39. The van der Waals surface area contributed by atoms with E-state index in [1.807, 2.05) is 42.5 Å². The maximum atomic E-state index is 6.60. The summed E-state index contributed by atoms with van der Waals surface area (Å²) in [6.45, 7) is 0. The van der Waals surface area contributed by atoms with Crippen molar-refractivity contribution < 1.29 is 4.42 Å². The van der Waals surface area contributed by atoms with E-state index < -0.39 is 0 Å². The second-order valence-corrected chi connectivity index (χ2v) is 13.1. The smallest absolute Gasteiger partial charge is 0.162 e. The van der Waals surface area contributed by atoms with Gasteiger partial charge in [0.1, 0.15) is 11.3 Å². The van der Waals surface area contributed by atoms with Gasteiger partial charge < -0.3 is 4.42 Å². The quantitative estimate of drug-likeness (QED) is 0.186. The van der Waals surface area contributed by atoms with Gasteiger partial charge >= 0.3 is 0 Å². The van der Waals surface area contributed by atoms with Crippen LogP contribution >= 0.6 is 0 Å². The van der Waals surface area contributed by atoms with Gasteiger partial charge in [0.2, 0.25) is 0 Å². The van der Waals surface area contributed by atoms with Crippen LogP contribution in [0.2, 0.25) is 0 Å². The van der Waals surface area contributed by atoms with Crippen LogP contribution in [-0.2, 0) is 0 Å². The van der Waals surface area contributed by atoms with Crippen LogP contribution in [0.3, 0.4) is 0 Å². The van der Waals surface area contributed by atoms with Crippen LogP contribution in [0.1, 0.15) is 18.5 Å². The van der Waals surface area contributed by atoms with Crippen molar-refractivity contribution in [1.29, 1.82) is 0 Å². The second kappa shape index (κ2) is 12.0. The van der Waals surface area contributed by atoms with Gasteiger partial charge in [-0.05, 0) is 58.2 Å². The molecule has 3 heterocycles. The van der Waals surface area contributed by atoms with Crippen molar-refractivity contribution in [3.63, 3.8) is 0 Å². The second-order valence-electron chi connectivity index (χ2n) is 13.1. The maximum absolute atomic E-state index is 6.60. The summed E-state index contributed by atoms with van der Waals surface area (Å²) in [5, 5.41) is 5.82. The monoisotopic (exact) mass is 653 g/mol. The van der Waals surface area contributed by atoms with Crippen LogP contribution in [0.4, 0.5) is 0 Å². The molecule has 0 radical (unpaired) electrons. The van der Waals surface area contributed by atoms with E-state index >= 15 is 0 Å². The first-order valence-corrected chi connectivity index (χ1v) is 17.4. The number of pyridine rings is 1. The van der Waals surface area contributed by atoms with E-state index in [4.69, 9.17) is 19.4 Å². The molecular formula is C47H31N3O. The van der Waals surface area contributed by atoms with Crippen molar-refractivity contribution in [1.82, 2.24) is 15.0 Å². The van der Waals surface area contributed by atoms with Gasteiger partial charge in [-0.3, -0.25) is 0 Å². The number of aromatic nitrogens is 3. The Kier molecular flexibility index (Phi) is 6.91. The number of rotatable bonds is 5. The molecule has 6 aromatic carbocycles. The van der Waals surface area contributed by atoms with Crippen molar-refractivity contribution in [3.05, 3.63) is 174 Å². The minimum absolute atomic E-state index is 0.697. The molecule has 0 amide bonds. The molecule has 240 valence electrons. The maximum Gasteiger partial charge on any atom is 0.162 e. The topological polar surface area (TPSA) is 51.8 Å². The molecule has 0 saturated carbocycles. The Labute approximate surface area is 294 Å². The molecule has 1 aliphatic carbocycles. The Morgan fingerprint density at radius 1 is 0.490 bits per heavy atom. The first-order chi connectivity index (χ1) is 25.3. The summed E-state index contributed by atoms with van der Waals surface area (Å²) >= 11 is 0. The molecule has 0 bridgehead atoms. The first kappa shape index (κ1) is 29.3. The van der Waals surface area contributed by atoms with Gasteiger partial charge in [-0.15, -0.1) is 0 Å². The molecule has 4 heteroatoms. The average molecular weight is 654 g/mol. The molecule has 0 saturated heterocycles. The molecular weight excluding hydrogens is 623 g/mol. The zero-order chi connectivity index (χ0) is 33.7. The molecule has 0 unspecified atom stereocenters. The molecule has 51 heavy (non-hydrogen) atoms. The van der Waals surface area contributed by atoms with Crippen LogP contribution in [0.25, 0.3) is 89.5 Å². The lowest BCUT2D eigenvalue weighted by atomic mass is 9.94. The number of hydrogen-bond acceptors (Lipinski definition) is 4. The summed E-state index contributed by atoms with van der Waals surface area (Å²) in [5.41, 5.74) is 12.0. The van der Waals surface area contributed by atoms with E-state index in [0.29, 0.717) is 5.82 Å². The molecule has 0 aliphatic heterocycles. The number of fused-ring (bicyclic) bond motifs is 6. The molecule has 0 spiro atoms. The molecule has 0 fully saturated rings. The lowest BCUT2D eigenvalue weighted by Gasteiger charge is -2.13. The number of nitrogens with zero attached hydrogens (tertiary/aromatic N) is 3. The van der Waals surface area contributed by atoms with Crippen molar-refractivity contribution in [2.24, 2.45) is 0 Å². The van der Waals surface area contributed by atoms with Crippen molar-refractivity contribution in [3.8, 4) is 45.0 Å². The molecule has 0 N–H and O–H groups in total. The van der Waals surface area contributed by atoms with Gasteiger partial charge in [0, 0.05) is 32.8 Å². The van der Waals surface area contributed by atoms with E-state index in [1.54, 1.807) is 0 Å². The molecule has 3 aromatic heterocycles. The van der Waals surface area contributed by atoms with Gasteiger partial charge in [0.05, 0.1) is 16.9 Å². The minimum Gasteiger partial charge on any atom is -0.454 e. The molecule has 1 aliphatic rings. The summed E-state index contributed by atoms with van der Waals surface area (Å²) in [6, 6.07) is 54.8. The molecule has 4 nitrogen and oxygen atoms in total.